The normalized spacial score (nSPS) is 13.0. The van der Waals surface area contributed by atoms with Crippen LogP contribution >= 0.6 is 45.9 Å². The number of carbonyl (C=O) groups is 2. The first-order chi connectivity index (χ1) is 14.4. The number of hydrogen-bond donors (Lipinski definition) is 0. The van der Waals surface area contributed by atoms with Gasteiger partial charge in [-0.05, 0) is 36.4 Å². The summed E-state index contributed by atoms with van der Waals surface area (Å²) in [5.74, 6) is -0.701. The van der Waals surface area contributed by atoms with Crippen LogP contribution in [0, 0.1) is 11.3 Å². The predicted octanol–water partition coefficient (Wildman–Crippen LogP) is 6.67. The van der Waals surface area contributed by atoms with Crippen molar-refractivity contribution in [1.29, 1.82) is 5.26 Å². The lowest BCUT2D eigenvalue weighted by Gasteiger charge is -1.98. The van der Waals surface area contributed by atoms with Crippen LogP contribution in [0.1, 0.15) is 31.2 Å². The van der Waals surface area contributed by atoms with E-state index >= 15 is 0 Å². The lowest BCUT2D eigenvalue weighted by molar-refractivity contribution is 0.0990. The topological polar surface area (TPSA) is 70.8 Å². The van der Waals surface area contributed by atoms with E-state index in [-0.39, 0.29) is 38.3 Å². The number of halogens is 2. The van der Waals surface area contributed by atoms with Crippen LogP contribution < -0.4 is 0 Å². The molecule has 2 aromatic carbocycles. The minimum atomic E-state index is -0.350. The molecule has 0 fully saturated rings. The number of rotatable bonds is 2. The zero-order valence-electron chi connectivity index (χ0n) is 14.9. The van der Waals surface area contributed by atoms with Crippen LogP contribution in [-0.2, 0) is 0 Å². The Morgan fingerprint density at radius 1 is 0.933 bits per heavy atom. The first kappa shape index (κ1) is 19.2. The molecular formula is C22H8Cl2N2O2S2. The number of aromatic nitrogens is 1. The van der Waals surface area contributed by atoms with Gasteiger partial charge in [-0.1, -0.05) is 35.3 Å². The number of allylic oxidation sites excluding steroid dienone is 1. The summed E-state index contributed by atoms with van der Waals surface area (Å²) in [7, 11) is 0. The molecule has 0 saturated heterocycles. The van der Waals surface area contributed by atoms with E-state index in [1.165, 1.54) is 34.8 Å². The third kappa shape index (κ3) is 3.08. The molecule has 4 aromatic rings. The molecule has 30 heavy (non-hydrogen) atoms. The molecular weight excluding hydrogens is 459 g/mol. The summed E-state index contributed by atoms with van der Waals surface area (Å²) in [5.41, 5.74) is 2.19. The lowest BCUT2D eigenvalue weighted by Crippen LogP contribution is -1.99. The van der Waals surface area contributed by atoms with E-state index in [9.17, 15) is 9.59 Å². The largest absolute Gasteiger partial charge is 0.288 e. The summed E-state index contributed by atoms with van der Waals surface area (Å²) in [6, 6.07) is 14.2. The average Bonchev–Trinajstić information content (AvgIpc) is 3.37. The minimum absolute atomic E-state index is 0.101. The number of ketones is 2. The quantitative estimate of drug-likeness (QED) is 0.244. The van der Waals surface area contributed by atoms with Gasteiger partial charge in [0, 0.05) is 21.6 Å². The third-order valence-electron chi connectivity index (χ3n) is 4.69. The molecule has 0 N–H and O–H groups in total. The Morgan fingerprint density at radius 2 is 1.57 bits per heavy atom. The molecule has 5 rings (SSSR count). The highest BCUT2D eigenvalue weighted by molar-refractivity contribution is 7.29. The van der Waals surface area contributed by atoms with Crippen molar-refractivity contribution in [3.8, 4) is 16.6 Å². The first-order valence-corrected chi connectivity index (χ1v) is 11.0. The lowest BCUT2D eigenvalue weighted by atomic mass is 10.1. The van der Waals surface area contributed by atoms with Crippen molar-refractivity contribution in [3.63, 3.8) is 0 Å². The minimum Gasteiger partial charge on any atom is -0.288 e. The van der Waals surface area contributed by atoms with Crippen LogP contribution in [0.5, 0.6) is 0 Å². The molecule has 0 saturated carbocycles. The monoisotopic (exact) mass is 466 g/mol. The standard InChI is InChI=1S/C22H8Cl2N2O2S2/c23-16-7-13-14(8-17(16)24)20(28)15(19(13)27)5-12-6-18-22(29-12)26-21(30-18)11-3-1-10(9-25)2-4-11/h1-8H. The number of Topliss-reactive ketones (excluding diaryl/α,β-unsaturated/α-hetero) is 2. The maximum Gasteiger partial charge on any atom is 0.197 e. The van der Waals surface area contributed by atoms with Gasteiger partial charge < -0.3 is 0 Å². The van der Waals surface area contributed by atoms with E-state index < -0.39 is 0 Å². The summed E-state index contributed by atoms with van der Waals surface area (Å²) >= 11 is 14.9. The maximum atomic E-state index is 12.7. The number of carbonyl (C=O) groups excluding carboxylic acids is 2. The summed E-state index contributed by atoms with van der Waals surface area (Å²) in [5, 5.41) is 10.3. The number of hydrogen-bond acceptors (Lipinski definition) is 6. The average molecular weight is 467 g/mol. The molecule has 144 valence electrons. The van der Waals surface area contributed by atoms with Crippen molar-refractivity contribution in [2.75, 3.05) is 0 Å². The van der Waals surface area contributed by atoms with E-state index in [1.807, 2.05) is 18.2 Å². The fraction of sp³-hybridized carbons (Fsp3) is 0. The number of fused-ring (bicyclic) bond motifs is 2. The van der Waals surface area contributed by atoms with Gasteiger partial charge in [-0.25, -0.2) is 4.98 Å². The Morgan fingerprint density at radius 3 is 2.13 bits per heavy atom. The summed E-state index contributed by atoms with van der Waals surface area (Å²) in [6.45, 7) is 0. The second kappa shape index (κ2) is 7.15. The highest BCUT2D eigenvalue weighted by atomic mass is 35.5. The summed E-state index contributed by atoms with van der Waals surface area (Å²) in [4.78, 5) is 31.7. The fourth-order valence-corrected chi connectivity index (χ4v) is 5.72. The molecule has 2 heterocycles. The Labute approximate surface area is 188 Å². The molecule has 4 nitrogen and oxygen atoms in total. The molecule has 1 aliphatic rings. The van der Waals surface area contributed by atoms with Crippen molar-refractivity contribution < 1.29 is 9.59 Å². The molecule has 0 amide bonds. The first-order valence-electron chi connectivity index (χ1n) is 8.65. The van der Waals surface area contributed by atoms with Gasteiger partial charge in [0.2, 0.25) is 0 Å². The number of benzene rings is 2. The maximum absolute atomic E-state index is 12.7. The van der Waals surface area contributed by atoms with Gasteiger partial charge in [-0.15, -0.1) is 22.7 Å². The SMILES string of the molecule is N#Cc1ccc(-c2nc3sc(C=C4C(=O)c5cc(Cl)c(Cl)cc5C4=O)cc3s2)cc1. The number of thiophene rings is 1. The van der Waals surface area contributed by atoms with Crippen molar-refractivity contribution >= 4 is 73.0 Å². The Hall–Kier alpha value is -2.82. The van der Waals surface area contributed by atoms with Crippen molar-refractivity contribution in [3.05, 3.63) is 79.7 Å². The van der Waals surface area contributed by atoms with Gasteiger partial charge in [0.05, 0.1) is 32.0 Å². The van der Waals surface area contributed by atoms with Gasteiger partial charge in [0.1, 0.15) is 9.84 Å². The van der Waals surface area contributed by atoms with Crippen LogP contribution in [0.15, 0.2) is 48.0 Å². The van der Waals surface area contributed by atoms with E-state index in [2.05, 4.69) is 11.1 Å². The highest BCUT2D eigenvalue weighted by Crippen LogP contribution is 2.38. The van der Waals surface area contributed by atoms with Crippen molar-refractivity contribution in [2.24, 2.45) is 0 Å². The van der Waals surface area contributed by atoms with E-state index in [1.54, 1.807) is 18.2 Å². The molecule has 0 unspecified atom stereocenters. The molecule has 0 spiro atoms. The van der Waals surface area contributed by atoms with Gasteiger partial charge in [0.25, 0.3) is 0 Å². The summed E-state index contributed by atoms with van der Waals surface area (Å²) < 4.78 is 0.965. The van der Waals surface area contributed by atoms with E-state index in [4.69, 9.17) is 28.5 Å². The second-order valence-corrected chi connectivity index (χ2v) is 9.46. The van der Waals surface area contributed by atoms with Gasteiger partial charge in [-0.3, -0.25) is 9.59 Å². The summed E-state index contributed by atoms with van der Waals surface area (Å²) in [6.07, 6.45) is 1.60. The Balaban J connectivity index is 1.49. The molecule has 0 bridgehead atoms. The van der Waals surface area contributed by atoms with Gasteiger partial charge in [-0.2, -0.15) is 5.26 Å². The smallest absolute Gasteiger partial charge is 0.197 e. The van der Waals surface area contributed by atoms with Crippen LogP contribution in [0.3, 0.4) is 0 Å². The Kier molecular flexibility index (Phi) is 4.57. The molecule has 0 atom stereocenters. The molecule has 0 aliphatic heterocycles. The van der Waals surface area contributed by atoms with Crippen LogP contribution in [0.25, 0.3) is 26.2 Å². The van der Waals surface area contributed by atoms with Gasteiger partial charge >= 0.3 is 0 Å². The molecule has 8 heteroatoms. The van der Waals surface area contributed by atoms with Crippen LogP contribution in [-0.4, -0.2) is 16.6 Å². The highest BCUT2D eigenvalue weighted by Gasteiger charge is 2.34. The molecule has 2 aromatic heterocycles. The van der Waals surface area contributed by atoms with Crippen molar-refractivity contribution in [2.45, 2.75) is 0 Å². The Bertz CT molecular complexity index is 1380. The fourth-order valence-electron chi connectivity index (χ4n) is 3.22. The third-order valence-corrected chi connectivity index (χ3v) is 7.57. The van der Waals surface area contributed by atoms with Crippen LogP contribution in [0.4, 0.5) is 0 Å². The van der Waals surface area contributed by atoms with Gasteiger partial charge in [0.15, 0.2) is 11.6 Å². The second-order valence-electron chi connectivity index (χ2n) is 6.55. The number of thiazole rings is 1. The molecule has 1 aliphatic carbocycles. The molecule has 0 radical (unpaired) electrons. The number of nitrogens with zero attached hydrogens (tertiary/aromatic N) is 2. The zero-order chi connectivity index (χ0) is 21.0. The van der Waals surface area contributed by atoms with E-state index in [0.717, 1.165) is 25.0 Å². The number of nitriles is 1. The van der Waals surface area contributed by atoms with Crippen LogP contribution in [0.2, 0.25) is 10.0 Å². The van der Waals surface area contributed by atoms with E-state index in [0.29, 0.717) is 5.56 Å². The predicted molar refractivity (Wildman–Crippen MR) is 121 cm³/mol. The van der Waals surface area contributed by atoms with Crippen molar-refractivity contribution in [1.82, 2.24) is 4.98 Å². The zero-order valence-corrected chi connectivity index (χ0v) is 18.0.